The van der Waals surface area contributed by atoms with Crippen LogP contribution in [0.25, 0.3) is 5.69 Å². The molecule has 0 atom stereocenters. The zero-order valence-corrected chi connectivity index (χ0v) is 16.6. The van der Waals surface area contributed by atoms with E-state index in [9.17, 15) is 4.79 Å². The fourth-order valence-corrected chi connectivity index (χ4v) is 3.36. The van der Waals surface area contributed by atoms with Gasteiger partial charge in [-0.2, -0.15) is 4.68 Å². The molecule has 0 bridgehead atoms. The first-order valence-electron chi connectivity index (χ1n) is 7.05. The summed E-state index contributed by atoms with van der Waals surface area (Å²) in [6.07, 6.45) is 0. The summed E-state index contributed by atoms with van der Waals surface area (Å²) in [5.74, 6) is -0.217. The van der Waals surface area contributed by atoms with Crippen molar-refractivity contribution in [2.75, 3.05) is 11.1 Å². The van der Waals surface area contributed by atoms with E-state index in [4.69, 9.17) is 46.4 Å². The molecule has 1 heterocycles. The third-order valence-electron chi connectivity index (χ3n) is 3.13. The van der Waals surface area contributed by atoms with E-state index in [1.165, 1.54) is 28.6 Å². The minimum Gasteiger partial charge on any atom is -0.324 e. The maximum absolute atomic E-state index is 12.2. The van der Waals surface area contributed by atoms with Crippen LogP contribution in [0.1, 0.15) is 0 Å². The molecule has 134 valence electrons. The largest absolute Gasteiger partial charge is 0.324 e. The Balaban J connectivity index is 1.67. The summed E-state index contributed by atoms with van der Waals surface area (Å²) >= 11 is 24.9. The predicted molar refractivity (Wildman–Crippen MR) is 105 cm³/mol. The van der Waals surface area contributed by atoms with Gasteiger partial charge in [-0.25, -0.2) is 0 Å². The Morgan fingerprint density at radius 1 is 1.04 bits per heavy atom. The van der Waals surface area contributed by atoms with E-state index in [-0.39, 0.29) is 11.7 Å². The van der Waals surface area contributed by atoms with Crippen LogP contribution in [0.15, 0.2) is 41.6 Å². The molecule has 0 spiro atoms. The van der Waals surface area contributed by atoms with Crippen LogP contribution < -0.4 is 5.32 Å². The number of tetrazole rings is 1. The number of aromatic nitrogens is 4. The summed E-state index contributed by atoms with van der Waals surface area (Å²) in [5.41, 5.74) is 1.11. The summed E-state index contributed by atoms with van der Waals surface area (Å²) in [6.45, 7) is 0. The van der Waals surface area contributed by atoms with Gasteiger partial charge in [-0.05, 0) is 46.8 Å². The first-order valence-corrected chi connectivity index (χ1v) is 9.55. The Kier molecular flexibility index (Phi) is 6.26. The van der Waals surface area contributed by atoms with Gasteiger partial charge in [-0.3, -0.25) is 4.79 Å². The van der Waals surface area contributed by atoms with Crippen molar-refractivity contribution < 1.29 is 4.79 Å². The number of hydrogen-bond donors (Lipinski definition) is 1. The average Bonchev–Trinajstić information content (AvgIpc) is 3.07. The number of amides is 1. The van der Waals surface area contributed by atoms with Crippen molar-refractivity contribution in [2.24, 2.45) is 0 Å². The summed E-state index contributed by atoms with van der Waals surface area (Å²) in [6, 6.07) is 9.97. The molecule has 3 aromatic rings. The van der Waals surface area contributed by atoms with Crippen LogP contribution in [0.4, 0.5) is 5.69 Å². The molecule has 1 N–H and O–H groups in total. The van der Waals surface area contributed by atoms with Crippen molar-refractivity contribution in [1.82, 2.24) is 20.2 Å². The number of halogens is 4. The Bertz CT molecular complexity index is 948. The molecule has 1 aromatic heterocycles. The van der Waals surface area contributed by atoms with E-state index in [1.807, 2.05) is 0 Å². The number of carbonyl (C=O) groups is 1. The number of nitrogens with zero attached hydrogens (tertiary/aromatic N) is 4. The quantitative estimate of drug-likeness (QED) is 0.438. The first kappa shape index (κ1) is 19.3. The van der Waals surface area contributed by atoms with Gasteiger partial charge in [0.05, 0.1) is 32.2 Å². The van der Waals surface area contributed by atoms with E-state index >= 15 is 0 Å². The second-order valence-corrected chi connectivity index (χ2v) is 7.53. The monoisotopic (exact) mass is 447 g/mol. The van der Waals surface area contributed by atoms with E-state index in [1.54, 1.807) is 24.3 Å². The Morgan fingerprint density at radius 3 is 2.46 bits per heavy atom. The molecular formula is C15H9Cl4N5OS. The molecule has 1 amide bonds. The third kappa shape index (κ3) is 4.61. The highest BCUT2D eigenvalue weighted by Crippen LogP contribution is 2.32. The van der Waals surface area contributed by atoms with E-state index in [0.717, 1.165) is 5.69 Å². The maximum Gasteiger partial charge on any atom is 0.234 e. The normalized spacial score (nSPS) is 10.8. The highest BCUT2D eigenvalue weighted by atomic mass is 35.5. The standard InChI is InChI=1S/C15H9Cl4N5OS/c16-8-1-3-9(4-2-8)24-15(21-22-23-24)26-7-14(25)20-13-6-11(18)10(17)5-12(13)19/h1-6H,7H2,(H,20,25). The zero-order chi connectivity index (χ0) is 18.7. The van der Waals surface area contributed by atoms with Gasteiger partial charge in [0, 0.05) is 5.02 Å². The molecule has 0 aliphatic rings. The van der Waals surface area contributed by atoms with Gasteiger partial charge >= 0.3 is 0 Å². The van der Waals surface area contributed by atoms with Crippen molar-refractivity contribution in [3.63, 3.8) is 0 Å². The molecule has 0 unspecified atom stereocenters. The van der Waals surface area contributed by atoms with Gasteiger partial charge in [0.15, 0.2) is 0 Å². The first-order chi connectivity index (χ1) is 12.4. The molecule has 6 nitrogen and oxygen atoms in total. The fraction of sp³-hybridized carbons (Fsp3) is 0.0667. The van der Waals surface area contributed by atoms with E-state index < -0.39 is 0 Å². The molecule has 0 fully saturated rings. The van der Waals surface area contributed by atoms with E-state index in [0.29, 0.717) is 30.9 Å². The number of nitrogens with one attached hydrogen (secondary N) is 1. The zero-order valence-electron chi connectivity index (χ0n) is 12.8. The van der Waals surface area contributed by atoms with Crippen LogP contribution in [-0.2, 0) is 4.79 Å². The second-order valence-electron chi connectivity index (χ2n) is 4.93. The van der Waals surface area contributed by atoms with Crippen molar-refractivity contribution in [3.8, 4) is 5.69 Å². The van der Waals surface area contributed by atoms with Gasteiger partial charge in [0.1, 0.15) is 0 Å². The molecule has 2 aromatic carbocycles. The van der Waals surface area contributed by atoms with Crippen molar-refractivity contribution in [2.45, 2.75) is 5.16 Å². The molecule has 26 heavy (non-hydrogen) atoms. The Hall–Kier alpha value is -1.51. The van der Waals surface area contributed by atoms with Crippen molar-refractivity contribution in [3.05, 3.63) is 56.5 Å². The minimum atomic E-state index is -0.291. The van der Waals surface area contributed by atoms with Crippen LogP contribution in [-0.4, -0.2) is 31.9 Å². The van der Waals surface area contributed by atoms with E-state index in [2.05, 4.69) is 20.8 Å². The van der Waals surface area contributed by atoms with Crippen LogP contribution in [0, 0.1) is 0 Å². The van der Waals surface area contributed by atoms with Gasteiger partial charge in [0.2, 0.25) is 11.1 Å². The maximum atomic E-state index is 12.2. The molecular weight excluding hydrogens is 440 g/mol. The third-order valence-corrected chi connectivity index (χ3v) is 5.33. The van der Waals surface area contributed by atoms with Crippen molar-refractivity contribution in [1.29, 1.82) is 0 Å². The van der Waals surface area contributed by atoms with Crippen LogP contribution in [0.2, 0.25) is 20.1 Å². The second kappa shape index (κ2) is 8.45. The van der Waals surface area contributed by atoms with Crippen LogP contribution in [0.3, 0.4) is 0 Å². The van der Waals surface area contributed by atoms with Crippen LogP contribution >= 0.6 is 58.2 Å². The summed E-state index contributed by atoms with van der Waals surface area (Å²) in [5, 5.41) is 16.1. The average molecular weight is 449 g/mol. The smallest absolute Gasteiger partial charge is 0.234 e. The molecule has 11 heteroatoms. The summed E-state index contributed by atoms with van der Waals surface area (Å²) < 4.78 is 1.51. The molecule has 3 rings (SSSR count). The number of thioether (sulfide) groups is 1. The van der Waals surface area contributed by atoms with Crippen LogP contribution in [0.5, 0.6) is 0 Å². The SMILES string of the molecule is O=C(CSc1nnnn1-c1ccc(Cl)cc1)Nc1cc(Cl)c(Cl)cc1Cl. The molecule has 0 radical (unpaired) electrons. The topological polar surface area (TPSA) is 72.7 Å². The number of benzene rings is 2. The van der Waals surface area contributed by atoms with Gasteiger partial charge in [-0.15, -0.1) is 5.10 Å². The van der Waals surface area contributed by atoms with Crippen molar-refractivity contribution >= 4 is 69.8 Å². The minimum absolute atomic E-state index is 0.0739. The molecule has 0 saturated carbocycles. The molecule has 0 saturated heterocycles. The number of hydrogen-bond acceptors (Lipinski definition) is 5. The lowest BCUT2D eigenvalue weighted by Crippen LogP contribution is -2.15. The summed E-state index contributed by atoms with van der Waals surface area (Å²) in [7, 11) is 0. The lowest BCUT2D eigenvalue weighted by Gasteiger charge is -2.08. The highest BCUT2D eigenvalue weighted by Gasteiger charge is 2.13. The Labute approximate surface area is 172 Å². The lowest BCUT2D eigenvalue weighted by molar-refractivity contribution is -0.113. The number of rotatable bonds is 5. The van der Waals surface area contributed by atoms with Gasteiger partial charge in [-0.1, -0.05) is 58.2 Å². The number of carbonyl (C=O) groups excluding carboxylic acids is 1. The predicted octanol–water partition coefficient (Wildman–Crippen LogP) is 5.01. The lowest BCUT2D eigenvalue weighted by atomic mass is 10.3. The van der Waals surface area contributed by atoms with Gasteiger partial charge in [0.25, 0.3) is 0 Å². The molecule has 0 aliphatic heterocycles. The molecule has 0 aliphatic carbocycles. The fourth-order valence-electron chi connectivity index (χ4n) is 1.95. The highest BCUT2D eigenvalue weighted by molar-refractivity contribution is 7.99. The summed E-state index contributed by atoms with van der Waals surface area (Å²) in [4.78, 5) is 12.2. The van der Waals surface area contributed by atoms with Gasteiger partial charge < -0.3 is 5.32 Å². The Morgan fingerprint density at radius 2 is 1.73 bits per heavy atom. The number of anilines is 1.